The van der Waals surface area contributed by atoms with Gasteiger partial charge in [0.25, 0.3) is 0 Å². The molecule has 1 aromatic heterocycles. The SMILES string of the molecule is COc1cc(CCNc2cnc(C)cn2)cc(C)c1O. The molecule has 106 valence electrons. The van der Waals surface area contributed by atoms with Crippen molar-refractivity contribution in [2.75, 3.05) is 19.0 Å². The van der Waals surface area contributed by atoms with Gasteiger partial charge in [-0.3, -0.25) is 4.98 Å². The minimum Gasteiger partial charge on any atom is -0.504 e. The molecule has 0 radical (unpaired) electrons. The van der Waals surface area contributed by atoms with E-state index in [4.69, 9.17) is 4.74 Å². The van der Waals surface area contributed by atoms with E-state index in [0.29, 0.717) is 5.75 Å². The summed E-state index contributed by atoms with van der Waals surface area (Å²) in [6.45, 7) is 4.51. The molecule has 1 aromatic carbocycles. The van der Waals surface area contributed by atoms with E-state index in [0.717, 1.165) is 35.6 Å². The van der Waals surface area contributed by atoms with Gasteiger partial charge in [-0.1, -0.05) is 6.07 Å². The molecule has 0 atom stereocenters. The Morgan fingerprint density at radius 2 is 2.00 bits per heavy atom. The van der Waals surface area contributed by atoms with Gasteiger partial charge in [0.15, 0.2) is 11.5 Å². The molecule has 0 aliphatic carbocycles. The molecular formula is C15H19N3O2. The molecule has 0 spiro atoms. The number of anilines is 1. The molecule has 2 rings (SSSR count). The molecule has 5 heteroatoms. The zero-order valence-corrected chi connectivity index (χ0v) is 12.0. The normalized spacial score (nSPS) is 10.3. The monoisotopic (exact) mass is 273 g/mol. The Balaban J connectivity index is 1.97. The Labute approximate surface area is 118 Å². The summed E-state index contributed by atoms with van der Waals surface area (Å²) in [5.41, 5.74) is 2.81. The second-order valence-electron chi connectivity index (χ2n) is 4.68. The molecule has 2 N–H and O–H groups in total. The lowest BCUT2D eigenvalue weighted by Gasteiger charge is -2.10. The number of aryl methyl sites for hydroxylation is 2. The number of nitrogens with one attached hydrogen (secondary N) is 1. The number of ether oxygens (including phenoxy) is 1. The van der Waals surface area contributed by atoms with Crippen LogP contribution in [0.4, 0.5) is 5.82 Å². The van der Waals surface area contributed by atoms with E-state index < -0.39 is 0 Å². The smallest absolute Gasteiger partial charge is 0.161 e. The van der Waals surface area contributed by atoms with Gasteiger partial charge in [-0.25, -0.2) is 4.98 Å². The minimum absolute atomic E-state index is 0.202. The molecule has 5 nitrogen and oxygen atoms in total. The van der Waals surface area contributed by atoms with Crippen LogP contribution in [0.15, 0.2) is 24.5 Å². The predicted molar refractivity (Wildman–Crippen MR) is 78.4 cm³/mol. The highest BCUT2D eigenvalue weighted by Crippen LogP contribution is 2.30. The van der Waals surface area contributed by atoms with Gasteiger partial charge < -0.3 is 15.2 Å². The van der Waals surface area contributed by atoms with Gasteiger partial charge in [-0.2, -0.15) is 0 Å². The third-order valence-electron chi connectivity index (χ3n) is 3.05. The summed E-state index contributed by atoms with van der Waals surface area (Å²) in [7, 11) is 1.55. The molecule has 20 heavy (non-hydrogen) atoms. The van der Waals surface area contributed by atoms with E-state index >= 15 is 0 Å². The van der Waals surface area contributed by atoms with Gasteiger partial charge in [-0.15, -0.1) is 0 Å². The topological polar surface area (TPSA) is 67.3 Å². The average molecular weight is 273 g/mol. The van der Waals surface area contributed by atoms with Crippen molar-refractivity contribution in [3.63, 3.8) is 0 Å². The van der Waals surface area contributed by atoms with Crippen LogP contribution in [0.1, 0.15) is 16.8 Å². The number of aromatic hydroxyl groups is 1. The Bertz CT molecular complexity index is 582. The predicted octanol–water partition coefficient (Wildman–Crippen LogP) is 2.46. The first-order valence-corrected chi connectivity index (χ1v) is 6.49. The second-order valence-corrected chi connectivity index (χ2v) is 4.68. The number of hydrogen-bond donors (Lipinski definition) is 2. The third kappa shape index (κ3) is 3.38. The number of nitrogens with zero attached hydrogens (tertiary/aromatic N) is 2. The van der Waals surface area contributed by atoms with Crippen LogP contribution in [-0.2, 0) is 6.42 Å². The van der Waals surface area contributed by atoms with E-state index in [2.05, 4.69) is 15.3 Å². The van der Waals surface area contributed by atoms with Crippen molar-refractivity contribution in [1.82, 2.24) is 9.97 Å². The highest BCUT2D eigenvalue weighted by Gasteiger charge is 2.07. The fourth-order valence-corrected chi connectivity index (χ4v) is 1.94. The fourth-order valence-electron chi connectivity index (χ4n) is 1.94. The van der Waals surface area contributed by atoms with Crippen molar-refractivity contribution in [2.24, 2.45) is 0 Å². The molecule has 0 amide bonds. The molecule has 1 heterocycles. The lowest BCUT2D eigenvalue weighted by Crippen LogP contribution is -2.07. The van der Waals surface area contributed by atoms with E-state index in [-0.39, 0.29) is 5.75 Å². The zero-order valence-electron chi connectivity index (χ0n) is 12.0. The fraction of sp³-hybridized carbons (Fsp3) is 0.333. The van der Waals surface area contributed by atoms with Crippen LogP contribution in [0.2, 0.25) is 0 Å². The summed E-state index contributed by atoms with van der Waals surface area (Å²) in [5, 5.41) is 13.0. The third-order valence-corrected chi connectivity index (χ3v) is 3.05. The summed E-state index contributed by atoms with van der Waals surface area (Å²) >= 11 is 0. The lowest BCUT2D eigenvalue weighted by atomic mass is 10.1. The maximum Gasteiger partial charge on any atom is 0.161 e. The maximum absolute atomic E-state index is 9.79. The van der Waals surface area contributed by atoms with E-state index in [9.17, 15) is 5.11 Å². The molecule has 0 aliphatic heterocycles. The second kappa shape index (κ2) is 6.23. The van der Waals surface area contributed by atoms with Gasteiger partial charge in [0.05, 0.1) is 25.2 Å². The molecule has 0 fully saturated rings. The van der Waals surface area contributed by atoms with Crippen LogP contribution in [0.3, 0.4) is 0 Å². The van der Waals surface area contributed by atoms with Crippen LogP contribution in [0.25, 0.3) is 0 Å². The van der Waals surface area contributed by atoms with Crippen LogP contribution in [0.5, 0.6) is 11.5 Å². The van der Waals surface area contributed by atoms with Crippen LogP contribution in [0, 0.1) is 13.8 Å². The first-order valence-electron chi connectivity index (χ1n) is 6.49. The van der Waals surface area contributed by atoms with Crippen molar-refractivity contribution in [2.45, 2.75) is 20.3 Å². The maximum atomic E-state index is 9.79. The number of hydrogen-bond acceptors (Lipinski definition) is 5. The highest BCUT2D eigenvalue weighted by molar-refractivity contribution is 5.48. The zero-order chi connectivity index (χ0) is 14.5. The molecule has 0 unspecified atom stereocenters. The lowest BCUT2D eigenvalue weighted by molar-refractivity contribution is 0.371. The van der Waals surface area contributed by atoms with Crippen molar-refractivity contribution < 1.29 is 9.84 Å². The first-order chi connectivity index (χ1) is 9.60. The Kier molecular flexibility index (Phi) is 4.40. The summed E-state index contributed by atoms with van der Waals surface area (Å²) in [4.78, 5) is 8.42. The number of methoxy groups -OCH3 is 1. The van der Waals surface area contributed by atoms with Gasteiger partial charge in [0.1, 0.15) is 5.82 Å². The van der Waals surface area contributed by atoms with E-state index in [1.807, 2.05) is 26.0 Å². The van der Waals surface area contributed by atoms with Crippen LogP contribution < -0.4 is 10.1 Å². The van der Waals surface area contributed by atoms with Gasteiger partial charge >= 0.3 is 0 Å². The van der Waals surface area contributed by atoms with Crippen LogP contribution >= 0.6 is 0 Å². The van der Waals surface area contributed by atoms with Crippen LogP contribution in [-0.4, -0.2) is 28.7 Å². The summed E-state index contributed by atoms with van der Waals surface area (Å²) in [6, 6.07) is 3.81. The Morgan fingerprint density at radius 3 is 2.65 bits per heavy atom. The van der Waals surface area contributed by atoms with Crippen molar-refractivity contribution >= 4 is 5.82 Å². The summed E-state index contributed by atoms with van der Waals surface area (Å²) in [6.07, 6.45) is 4.26. The number of rotatable bonds is 5. The summed E-state index contributed by atoms with van der Waals surface area (Å²) < 4.78 is 5.15. The largest absolute Gasteiger partial charge is 0.504 e. The Hall–Kier alpha value is -2.30. The average Bonchev–Trinajstić information content (AvgIpc) is 2.44. The first kappa shape index (κ1) is 14.1. The van der Waals surface area contributed by atoms with Gasteiger partial charge in [-0.05, 0) is 37.5 Å². The highest BCUT2D eigenvalue weighted by atomic mass is 16.5. The van der Waals surface area contributed by atoms with Crippen molar-refractivity contribution in [3.05, 3.63) is 41.3 Å². The Morgan fingerprint density at radius 1 is 1.20 bits per heavy atom. The molecule has 0 bridgehead atoms. The molecule has 0 aliphatic rings. The number of phenols is 1. The number of phenolic OH excluding ortho intramolecular Hbond substituents is 1. The molecule has 0 saturated heterocycles. The van der Waals surface area contributed by atoms with Gasteiger partial charge in [0.2, 0.25) is 0 Å². The van der Waals surface area contributed by atoms with E-state index in [1.54, 1.807) is 19.5 Å². The minimum atomic E-state index is 0.202. The van der Waals surface area contributed by atoms with Crippen molar-refractivity contribution in [3.8, 4) is 11.5 Å². The number of aromatic nitrogens is 2. The summed E-state index contributed by atoms with van der Waals surface area (Å²) in [5.74, 6) is 1.47. The quantitative estimate of drug-likeness (QED) is 0.876. The number of benzene rings is 1. The molecule has 2 aromatic rings. The molecule has 0 saturated carbocycles. The van der Waals surface area contributed by atoms with Gasteiger partial charge in [0, 0.05) is 6.54 Å². The van der Waals surface area contributed by atoms with E-state index in [1.165, 1.54) is 0 Å². The van der Waals surface area contributed by atoms with Crippen molar-refractivity contribution in [1.29, 1.82) is 0 Å². The molecular weight excluding hydrogens is 254 g/mol. The standard InChI is InChI=1S/C15H19N3O2/c1-10-6-12(7-13(20-3)15(10)19)4-5-16-14-9-17-11(2)8-18-14/h6-9,19H,4-5H2,1-3H3,(H,16,18).